The minimum Gasteiger partial charge on any atom is -0.351 e. The smallest absolute Gasteiger partial charge is 0.221 e. The number of benzene rings is 1. The fraction of sp³-hybridized carbons (Fsp3) is 0.500. The standard InChI is InChI=1S/C14H18FNO/c1-13(2)14(3,9-12(17)16-13)8-10-6-4-5-7-11(10)15/h4-7H,8-9H2,1-3H3,(H,16,17). The maximum Gasteiger partial charge on any atom is 0.221 e. The van der Waals surface area contributed by atoms with Crippen LogP contribution in [-0.4, -0.2) is 11.4 Å². The molecule has 1 aliphatic heterocycles. The minimum absolute atomic E-state index is 0.0499. The predicted molar refractivity (Wildman–Crippen MR) is 65.0 cm³/mol. The van der Waals surface area contributed by atoms with Crippen molar-refractivity contribution >= 4 is 5.91 Å². The van der Waals surface area contributed by atoms with E-state index in [0.717, 1.165) is 0 Å². The molecule has 1 amide bonds. The van der Waals surface area contributed by atoms with Crippen molar-refractivity contribution in [1.82, 2.24) is 5.32 Å². The number of halogens is 1. The summed E-state index contributed by atoms with van der Waals surface area (Å²) in [5.41, 5.74) is 0.137. The number of rotatable bonds is 2. The highest BCUT2D eigenvalue weighted by Gasteiger charge is 2.49. The summed E-state index contributed by atoms with van der Waals surface area (Å²) in [5, 5.41) is 2.96. The van der Waals surface area contributed by atoms with E-state index in [0.29, 0.717) is 18.4 Å². The second-order valence-corrected chi connectivity index (χ2v) is 5.68. The van der Waals surface area contributed by atoms with Crippen LogP contribution in [0.2, 0.25) is 0 Å². The van der Waals surface area contributed by atoms with Crippen LogP contribution in [0.15, 0.2) is 24.3 Å². The molecule has 0 aliphatic carbocycles. The quantitative estimate of drug-likeness (QED) is 0.839. The van der Waals surface area contributed by atoms with Gasteiger partial charge in [-0.25, -0.2) is 4.39 Å². The highest BCUT2D eigenvalue weighted by atomic mass is 19.1. The zero-order chi connectivity index (χ0) is 12.7. The van der Waals surface area contributed by atoms with E-state index in [4.69, 9.17) is 0 Å². The third-order valence-corrected chi connectivity index (χ3v) is 4.05. The van der Waals surface area contributed by atoms with Crippen molar-refractivity contribution in [3.63, 3.8) is 0 Å². The molecule has 1 heterocycles. The lowest BCUT2D eigenvalue weighted by Crippen LogP contribution is -2.46. The summed E-state index contributed by atoms with van der Waals surface area (Å²) in [7, 11) is 0. The summed E-state index contributed by atoms with van der Waals surface area (Å²) in [6.07, 6.45) is 1.03. The average molecular weight is 235 g/mol. The number of hydrogen-bond donors (Lipinski definition) is 1. The average Bonchev–Trinajstić information content (AvgIpc) is 2.39. The molecule has 1 aromatic rings. The number of nitrogens with one attached hydrogen (secondary N) is 1. The number of carbonyl (C=O) groups excluding carboxylic acids is 1. The third kappa shape index (κ3) is 2.06. The van der Waals surface area contributed by atoms with E-state index in [1.165, 1.54) is 6.07 Å². The summed E-state index contributed by atoms with van der Waals surface area (Å²) >= 11 is 0. The molecule has 0 bridgehead atoms. The molecule has 2 rings (SSSR count). The van der Waals surface area contributed by atoms with Crippen LogP contribution in [0.5, 0.6) is 0 Å². The van der Waals surface area contributed by atoms with Crippen LogP contribution >= 0.6 is 0 Å². The van der Waals surface area contributed by atoms with Gasteiger partial charge in [-0.05, 0) is 31.9 Å². The molecule has 1 unspecified atom stereocenters. The summed E-state index contributed by atoms with van der Waals surface area (Å²) in [6, 6.07) is 6.78. The Morgan fingerprint density at radius 3 is 2.47 bits per heavy atom. The molecule has 1 fully saturated rings. The van der Waals surface area contributed by atoms with Crippen molar-refractivity contribution in [2.75, 3.05) is 0 Å². The molecule has 1 N–H and O–H groups in total. The first-order valence-electron chi connectivity index (χ1n) is 5.88. The van der Waals surface area contributed by atoms with Crippen molar-refractivity contribution < 1.29 is 9.18 Å². The van der Waals surface area contributed by atoms with E-state index in [2.05, 4.69) is 5.32 Å². The monoisotopic (exact) mass is 235 g/mol. The van der Waals surface area contributed by atoms with Crippen molar-refractivity contribution in [1.29, 1.82) is 0 Å². The van der Waals surface area contributed by atoms with Crippen LogP contribution in [0.25, 0.3) is 0 Å². The first-order valence-corrected chi connectivity index (χ1v) is 5.88. The summed E-state index contributed by atoms with van der Waals surface area (Å²) in [4.78, 5) is 11.5. The summed E-state index contributed by atoms with van der Waals surface area (Å²) in [6.45, 7) is 6.04. The summed E-state index contributed by atoms with van der Waals surface area (Å²) < 4.78 is 13.7. The van der Waals surface area contributed by atoms with Gasteiger partial charge in [0.25, 0.3) is 0 Å². The summed E-state index contributed by atoms with van der Waals surface area (Å²) in [5.74, 6) is -0.141. The van der Waals surface area contributed by atoms with Crippen LogP contribution in [0.1, 0.15) is 32.8 Å². The minimum atomic E-state index is -0.299. The van der Waals surface area contributed by atoms with E-state index in [1.54, 1.807) is 12.1 Å². The first-order chi connectivity index (χ1) is 7.84. The molecule has 3 heteroatoms. The lowest BCUT2D eigenvalue weighted by molar-refractivity contribution is -0.119. The van der Waals surface area contributed by atoms with Crippen LogP contribution in [0.4, 0.5) is 4.39 Å². The molecule has 2 nitrogen and oxygen atoms in total. The highest BCUT2D eigenvalue weighted by Crippen LogP contribution is 2.42. The zero-order valence-corrected chi connectivity index (χ0v) is 10.5. The van der Waals surface area contributed by atoms with Crippen LogP contribution in [0, 0.1) is 11.2 Å². The van der Waals surface area contributed by atoms with E-state index < -0.39 is 0 Å². The Labute approximate surface area is 101 Å². The van der Waals surface area contributed by atoms with Gasteiger partial charge in [0, 0.05) is 17.4 Å². The maximum absolute atomic E-state index is 13.7. The molecule has 17 heavy (non-hydrogen) atoms. The van der Waals surface area contributed by atoms with Gasteiger partial charge in [0.1, 0.15) is 5.82 Å². The van der Waals surface area contributed by atoms with Gasteiger partial charge in [-0.2, -0.15) is 0 Å². The Morgan fingerprint density at radius 2 is 1.94 bits per heavy atom. The van der Waals surface area contributed by atoms with Gasteiger partial charge in [0.05, 0.1) is 0 Å². The molecular formula is C14H18FNO. The molecule has 1 aliphatic rings. The predicted octanol–water partition coefficient (Wildman–Crippen LogP) is 2.67. The van der Waals surface area contributed by atoms with Crippen molar-refractivity contribution in [2.24, 2.45) is 5.41 Å². The third-order valence-electron chi connectivity index (χ3n) is 4.05. The second-order valence-electron chi connectivity index (χ2n) is 5.68. The zero-order valence-electron chi connectivity index (χ0n) is 10.5. The van der Waals surface area contributed by atoms with Crippen molar-refractivity contribution in [3.8, 4) is 0 Å². The van der Waals surface area contributed by atoms with Gasteiger partial charge in [-0.3, -0.25) is 4.79 Å². The van der Waals surface area contributed by atoms with Crippen LogP contribution in [-0.2, 0) is 11.2 Å². The molecule has 1 saturated heterocycles. The van der Waals surface area contributed by atoms with Gasteiger partial charge in [-0.1, -0.05) is 25.1 Å². The van der Waals surface area contributed by atoms with Gasteiger partial charge in [0.15, 0.2) is 0 Å². The Morgan fingerprint density at radius 1 is 1.29 bits per heavy atom. The SMILES string of the molecule is CC1(Cc2ccccc2F)CC(=O)NC1(C)C. The van der Waals surface area contributed by atoms with E-state index in [9.17, 15) is 9.18 Å². The van der Waals surface area contributed by atoms with Crippen LogP contribution < -0.4 is 5.32 Å². The normalized spacial score (nSPS) is 26.9. The molecule has 1 aromatic carbocycles. The molecule has 0 aromatic heterocycles. The Hall–Kier alpha value is -1.38. The van der Waals surface area contributed by atoms with Crippen LogP contribution in [0.3, 0.4) is 0 Å². The molecule has 0 saturated carbocycles. The first kappa shape index (κ1) is 12.1. The van der Waals surface area contributed by atoms with Crippen molar-refractivity contribution in [3.05, 3.63) is 35.6 Å². The maximum atomic E-state index is 13.7. The van der Waals surface area contributed by atoms with Gasteiger partial charge in [-0.15, -0.1) is 0 Å². The lowest BCUT2D eigenvalue weighted by Gasteiger charge is -2.37. The second kappa shape index (κ2) is 3.83. The lowest BCUT2D eigenvalue weighted by atomic mass is 9.70. The molecular weight excluding hydrogens is 217 g/mol. The number of amides is 1. The molecule has 0 radical (unpaired) electrons. The molecule has 1 atom stereocenters. The molecule has 0 spiro atoms. The van der Waals surface area contributed by atoms with Crippen molar-refractivity contribution in [2.45, 2.75) is 39.2 Å². The fourth-order valence-electron chi connectivity index (χ4n) is 2.46. The Balaban J connectivity index is 2.29. The fourth-order valence-corrected chi connectivity index (χ4v) is 2.46. The van der Waals surface area contributed by atoms with E-state index >= 15 is 0 Å². The van der Waals surface area contributed by atoms with E-state index in [1.807, 2.05) is 26.8 Å². The Kier molecular flexibility index (Phi) is 2.72. The van der Waals surface area contributed by atoms with Gasteiger partial charge < -0.3 is 5.32 Å². The highest BCUT2D eigenvalue weighted by molar-refractivity contribution is 5.80. The topological polar surface area (TPSA) is 29.1 Å². The molecule has 92 valence electrons. The number of carbonyl (C=O) groups is 1. The Bertz CT molecular complexity index is 455. The van der Waals surface area contributed by atoms with Gasteiger partial charge >= 0.3 is 0 Å². The van der Waals surface area contributed by atoms with E-state index in [-0.39, 0.29) is 22.7 Å². The number of hydrogen-bond acceptors (Lipinski definition) is 1. The largest absolute Gasteiger partial charge is 0.351 e. The van der Waals surface area contributed by atoms with Gasteiger partial charge in [0.2, 0.25) is 5.91 Å².